The lowest BCUT2D eigenvalue weighted by molar-refractivity contribution is -0.301. The van der Waals surface area contributed by atoms with E-state index in [0.29, 0.717) is 0 Å². The Bertz CT molecular complexity index is 574. The minimum atomic E-state index is -6.44. The minimum absolute atomic E-state index is 0.893. The highest BCUT2D eigenvalue weighted by molar-refractivity contribution is 5.54. The van der Waals surface area contributed by atoms with Gasteiger partial charge in [-0.1, -0.05) is 0 Å². The van der Waals surface area contributed by atoms with E-state index in [1.165, 1.54) is 0 Å². The van der Waals surface area contributed by atoms with Gasteiger partial charge in [0.05, 0.1) is 17.1 Å². The summed E-state index contributed by atoms with van der Waals surface area (Å²) >= 11 is 0. The molecule has 0 saturated heterocycles. The highest BCUT2D eigenvalue weighted by Gasteiger charge is 2.85. The van der Waals surface area contributed by atoms with E-state index in [2.05, 4.69) is 0 Å². The number of hydrogen-bond acceptors (Lipinski definition) is 0. The first-order chi connectivity index (χ1) is 9.50. The summed E-state index contributed by atoms with van der Waals surface area (Å²) in [6.07, 6.45) is -13.6. The molecule has 22 heavy (non-hydrogen) atoms. The third-order valence-corrected chi connectivity index (χ3v) is 3.40. The predicted octanol–water partition coefficient (Wildman–Crippen LogP) is 4.88. The molecular formula is C10H2F12. The summed E-state index contributed by atoms with van der Waals surface area (Å²) in [6, 6.07) is 0. The topological polar surface area (TPSA) is 0 Å². The number of hydrogen-bond donors (Lipinski definition) is 0. The molecule has 3 rings (SSSR count). The van der Waals surface area contributed by atoms with Crippen LogP contribution in [0.2, 0.25) is 0 Å². The van der Waals surface area contributed by atoms with E-state index in [9.17, 15) is 52.7 Å². The molecule has 0 heterocycles. The van der Waals surface area contributed by atoms with Gasteiger partial charge in [-0.15, -0.1) is 0 Å². The summed E-state index contributed by atoms with van der Waals surface area (Å²) in [5, 5.41) is 0. The van der Waals surface area contributed by atoms with Gasteiger partial charge in [0, 0.05) is 0 Å². The van der Waals surface area contributed by atoms with Gasteiger partial charge in [-0.25, -0.2) is 8.78 Å². The lowest BCUT2D eigenvalue weighted by Gasteiger charge is -2.50. The van der Waals surface area contributed by atoms with E-state index in [1.54, 1.807) is 0 Å². The lowest BCUT2D eigenvalue weighted by Crippen LogP contribution is -2.69. The van der Waals surface area contributed by atoms with Crippen LogP contribution in [0.4, 0.5) is 52.7 Å². The van der Waals surface area contributed by atoms with Gasteiger partial charge in [-0.2, -0.15) is 43.9 Å². The first-order valence-corrected chi connectivity index (χ1v) is 5.22. The predicted molar refractivity (Wildman–Crippen MR) is 45.5 cm³/mol. The summed E-state index contributed by atoms with van der Waals surface area (Å²) in [5.74, 6) is -19.3. The van der Waals surface area contributed by atoms with Crippen molar-refractivity contribution in [1.82, 2.24) is 0 Å². The Morgan fingerprint density at radius 3 is 1.64 bits per heavy atom. The normalized spacial score (nSPS) is 34.0. The van der Waals surface area contributed by atoms with Crippen molar-refractivity contribution in [3.63, 3.8) is 0 Å². The molecule has 0 aromatic carbocycles. The SMILES string of the molecule is FC1=CC2C(C(F)(F)F)=C(C(F)(F)F)C1(F)C(F)(F)C2(F)F. The largest absolute Gasteiger partial charge is 0.416 e. The number of allylic oxidation sites excluding steroid dienone is 4. The molecule has 0 fully saturated rings. The zero-order valence-electron chi connectivity index (χ0n) is 9.69. The standard InChI is InChI=1S/C10H2F12/c11-3-1-2-4(8(15,16)17)5(9(18,19)20)6(3,12)10(21,22)7(2,13)14/h1-2H. The van der Waals surface area contributed by atoms with Crippen LogP contribution in [0.25, 0.3) is 0 Å². The maximum Gasteiger partial charge on any atom is 0.416 e. The average molecular weight is 350 g/mol. The molecule has 0 N–H and O–H groups in total. The van der Waals surface area contributed by atoms with E-state index >= 15 is 0 Å². The Hall–Kier alpha value is -1.36. The smallest absolute Gasteiger partial charge is 0.224 e. The molecule has 0 nitrogen and oxygen atoms in total. The fourth-order valence-corrected chi connectivity index (χ4v) is 2.49. The average Bonchev–Trinajstić information content (AvgIpc) is 2.26. The number of alkyl halides is 11. The molecule has 2 bridgehead atoms. The number of fused-ring (bicyclic) bond motifs is 1. The summed E-state index contributed by atoms with van der Waals surface area (Å²) in [4.78, 5) is 0. The quantitative estimate of drug-likeness (QED) is 0.431. The second-order valence-corrected chi connectivity index (χ2v) is 4.63. The van der Waals surface area contributed by atoms with Crippen LogP contribution in [0.1, 0.15) is 0 Å². The second-order valence-electron chi connectivity index (χ2n) is 4.63. The Labute approximate surface area is 113 Å². The Kier molecular flexibility index (Phi) is 3.04. The zero-order valence-corrected chi connectivity index (χ0v) is 9.69. The molecule has 0 saturated carbocycles. The maximum absolute atomic E-state index is 14.0. The third kappa shape index (κ3) is 1.69. The summed E-state index contributed by atoms with van der Waals surface area (Å²) in [6.45, 7) is 0. The van der Waals surface area contributed by atoms with Gasteiger partial charge in [-0.3, -0.25) is 0 Å². The van der Waals surface area contributed by atoms with Gasteiger partial charge in [-0.05, 0) is 6.08 Å². The van der Waals surface area contributed by atoms with Crippen molar-refractivity contribution in [2.75, 3.05) is 0 Å². The van der Waals surface area contributed by atoms with Crippen molar-refractivity contribution in [1.29, 1.82) is 0 Å². The molecule has 0 aromatic rings. The molecule has 0 radical (unpaired) electrons. The molecule has 2 unspecified atom stereocenters. The molecule has 12 heteroatoms. The van der Waals surface area contributed by atoms with Crippen LogP contribution in [-0.4, -0.2) is 29.9 Å². The van der Waals surface area contributed by atoms with Crippen LogP contribution in [0.15, 0.2) is 23.0 Å². The molecule has 2 atom stereocenters. The molecular weight excluding hydrogens is 348 g/mol. The van der Waals surface area contributed by atoms with Crippen molar-refractivity contribution in [2.45, 2.75) is 29.9 Å². The van der Waals surface area contributed by atoms with Crippen LogP contribution < -0.4 is 0 Å². The molecule has 0 amide bonds. The van der Waals surface area contributed by atoms with Crippen LogP contribution in [-0.2, 0) is 0 Å². The van der Waals surface area contributed by atoms with E-state index in [-0.39, 0.29) is 0 Å². The Morgan fingerprint density at radius 2 is 1.27 bits per heavy atom. The fraction of sp³-hybridized carbons (Fsp3) is 0.600. The molecule has 0 spiro atoms. The van der Waals surface area contributed by atoms with Crippen molar-refractivity contribution >= 4 is 0 Å². The van der Waals surface area contributed by atoms with E-state index in [0.717, 1.165) is 0 Å². The highest BCUT2D eigenvalue weighted by atomic mass is 19.4. The van der Waals surface area contributed by atoms with Crippen LogP contribution in [0.3, 0.4) is 0 Å². The summed E-state index contributed by atoms with van der Waals surface area (Å²) in [7, 11) is 0. The van der Waals surface area contributed by atoms with Gasteiger partial charge in [0.25, 0.3) is 5.67 Å². The van der Waals surface area contributed by atoms with Crippen molar-refractivity contribution in [3.05, 3.63) is 23.0 Å². The number of halogens is 12. The van der Waals surface area contributed by atoms with E-state index in [4.69, 9.17) is 0 Å². The molecule has 0 aromatic heterocycles. The maximum atomic E-state index is 14.0. The van der Waals surface area contributed by atoms with Crippen LogP contribution in [0.5, 0.6) is 0 Å². The molecule has 3 aliphatic rings. The van der Waals surface area contributed by atoms with Crippen molar-refractivity contribution in [3.8, 4) is 0 Å². The second kappa shape index (κ2) is 3.94. The molecule has 0 aliphatic heterocycles. The van der Waals surface area contributed by atoms with Gasteiger partial charge < -0.3 is 0 Å². The molecule has 3 aliphatic carbocycles. The minimum Gasteiger partial charge on any atom is -0.224 e. The van der Waals surface area contributed by atoms with Gasteiger partial charge in [0.1, 0.15) is 5.83 Å². The van der Waals surface area contributed by atoms with E-state index < -0.39 is 58.8 Å². The van der Waals surface area contributed by atoms with Crippen LogP contribution in [0, 0.1) is 5.92 Å². The molecule has 126 valence electrons. The third-order valence-electron chi connectivity index (χ3n) is 3.40. The number of rotatable bonds is 0. The van der Waals surface area contributed by atoms with Crippen molar-refractivity contribution in [2.24, 2.45) is 5.92 Å². The monoisotopic (exact) mass is 350 g/mol. The van der Waals surface area contributed by atoms with E-state index in [1.807, 2.05) is 0 Å². The van der Waals surface area contributed by atoms with Crippen LogP contribution >= 0.6 is 0 Å². The zero-order chi connectivity index (χ0) is 17.5. The van der Waals surface area contributed by atoms with Crippen molar-refractivity contribution < 1.29 is 52.7 Å². The first kappa shape index (κ1) is 17.0. The van der Waals surface area contributed by atoms with Gasteiger partial charge in [0.15, 0.2) is 0 Å². The Balaban J connectivity index is 2.98. The summed E-state index contributed by atoms with van der Waals surface area (Å²) in [5.41, 5.74) is -12.9. The summed E-state index contributed by atoms with van der Waals surface area (Å²) < 4.78 is 156. The Morgan fingerprint density at radius 1 is 0.818 bits per heavy atom. The lowest BCUT2D eigenvalue weighted by atomic mass is 9.63. The first-order valence-electron chi connectivity index (χ1n) is 5.22. The fourth-order valence-electron chi connectivity index (χ4n) is 2.49. The van der Waals surface area contributed by atoms with Gasteiger partial charge in [0.2, 0.25) is 0 Å². The highest BCUT2D eigenvalue weighted by Crippen LogP contribution is 2.68. The van der Waals surface area contributed by atoms with Gasteiger partial charge >= 0.3 is 24.2 Å².